The molecule has 1 aliphatic heterocycles. The van der Waals surface area contributed by atoms with Gasteiger partial charge in [0, 0.05) is 41.6 Å². The van der Waals surface area contributed by atoms with Gasteiger partial charge in [-0.3, -0.25) is 4.79 Å². The number of piperidine rings is 1. The molecule has 1 fully saturated rings. The third kappa shape index (κ3) is 6.63. The average Bonchev–Trinajstić information content (AvgIpc) is 3.57. The summed E-state index contributed by atoms with van der Waals surface area (Å²) in [5.41, 5.74) is 6.06. The molecule has 0 radical (unpaired) electrons. The van der Waals surface area contributed by atoms with Crippen molar-refractivity contribution < 1.29 is 4.79 Å². The van der Waals surface area contributed by atoms with Crippen molar-refractivity contribution in [2.75, 3.05) is 36.8 Å². The van der Waals surface area contributed by atoms with Gasteiger partial charge < -0.3 is 20.9 Å². The standard InChI is InChI=1S/C27H33N7OS2/c1-18(2)31-22-14-25(32-19-7-8-21-24(13-19)37-17-30-21)29-15-20(22)27-33-23(16-36-27)26(35)28-9-6-12-34-10-4-3-5-11-34/h7-8,13-18H,3-6,9-12H2,1-2H3,(H,28,35)(H2,29,31,32). The van der Waals surface area contributed by atoms with Gasteiger partial charge in [0.25, 0.3) is 5.91 Å². The number of likely N-dealkylation sites (tertiary alicyclic amines) is 1. The molecule has 3 N–H and O–H groups in total. The van der Waals surface area contributed by atoms with Crippen LogP contribution in [0.3, 0.4) is 0 Å². The number of thiazole rings is 2. The molecule has 1 amide bonds. The summed E-state index contributed by atoms with van der Waals surface area (Å²) in [6.07, 6.45) is 6.69. The monoisotopic (exact) mass is 535 g/mol. The lowest BCUT2D eigenvalue weighted by Crippen LogP contribution is -2.33. The maximum absolute atomic E-state index is 12.7. The van der Waals surface area contributed by atoms with Crippen molar-refractivity contribution in [1.29, 1.82) is 0 Å². The lowest BCUT2D eigenvalue weighted by Gasteiger charge is -2.26. The molecule has 4 aromatic rings. The quantitative estimate of drug-likeness (QED) is 0.215. The Bertz CT molecular complexity index is 1340. The van der Waals surface area contributed by atoms with Crippen LogP contribution in [-0.4, -0.2) is 58.0 Å². The molecule has 0 saturated carbocycles. The predicted molar refractivity (Wildman–Crippen MR) is 154 cm³/mol. The summed E-state index contributed by atoms with van der Waals surface area (Å²) < 4.78 is 1.13. The van der Waals surface area contributed by atoms with E-state index in [-0.39, 0.29) is 11.9 Å². The second-order valence-corrected chi connectivity index (χ2v) is 11.4. The van der Waals surface area contributed by atoms with Crippen molar-refractivity contribution in [3.8, 4) is 10.6 Å². The van der Waals surface area contributed by atoms with Gasteiger partial charge in [-0.05, 0) is 70.9 Å². The maximum atomic E-state index is 12.7. The first-order valence-corrected chi connectivity index (χ1v) is 14.6. The molecule has 10 heteroatoms. The first-order valence-electron chi connectivity index (χ1n) is 12.9. The van der Waals surface area contributed by atoms with Crippen LogP contribution in [0.25, 0.3) is 20.8 Å². The fraction of sp³-hybridized carbons (Fsp3) is 0.407. The number of carbonyl (C=O) groups excluding carboxylic acids is 1. The van der Waals surface area contributed by atoms with E-state index in [0.29, 0.717) is 12.2 Å². The van der Waals surface area contributed by atoms with Gasteiger partial charge in [0.05, 0.1) is 21.3 Å². The molecule has 0 atom stereocenters. The second-order valence-electron chi connectivity index (χ2n) is 9.62. The van der Waals surface area contributed by atoms with Crippen LogP contribution in [0.5, 0.6) is 0 Å². The highest BCUT2D eigenvalue weighted by Crippen LogP contribution is 2.33. The van der Waals surface area contributed by atoms with Crippen molar-refractivity contribution >= 4 is 56.0 Å². The predicted octanol–water partition coefficient (Wildman–Crippen LogP) is 5.98. The number of carbonyl (C=O) groups is 1. The number of rotatable bonds is 10. The molecule has 3 aromatic heterocycles. The number of anilines is 3. The SMILES string of the molecule is CC(C)Nc1cc(Nc2ccc3ncsc3c2)ncc1-c1nc(C(=O)NCCCN2CCCCC2)cs1. The number of nitrogens with zero attached hydrogens (tertiary/aromatic N) is 4. The first-order chi connectivity index (χ1) is 18.0. The van der Waals surface area contributed by atoms with E-state index in [4.69, 9.17) is 0 Å². The molecule has 0 bridgehead atoms. The van der Waals surface area contributed by atoms with Crippen LogP contribution in [0.2, 0.25) is 0 Å². The fourth-order valence-electron chi connectivity index (χ4n) is 4.49. The number of nitrogens with one attached hydrogen (secondary N) is 3. The Balaban J connectivity index is 1.25. The van der Waals surface area contributed by atoms with E-state index in [1.54, 1.807) is 11.3 Å². The molecule has 1 aliphatic rings. The minimum atomic E-state index is -0.121. The number of hydrogen-bond acceptors (Lipinski definition) is 9. The third-order valence-corrected chi connectivity index (χ3v) is 7.97. The van der Waals surface area contributed by atoms with Crippen LogP contribution >= 0.6 is 22.7 Å². The van der Waals surface area contributed by atoms with E-state index in [1.165, 1.54) is 43.7 Å². The van der Waals surface area contributed by atoms with Gasteiger partial charge in [-0.25, -0.2) is 15.0 Å². The normalized spacial score (nSPS) is 14.2. The van der Waals surface area contributed by atoms with Crippen molar-refractivity contribution in [3.05, 3.63) is 47.0 Å². The molecule has 1 saturated heterocycles. The van der Waals surface area contributed by atoms with Gasteiger partial charge in [0.15, 0.2) is 0 Å². The first kappa shape index (κ1) is 25.6. The zero-order valence-electron chi connectivity index (χ0n) is 21.3. The van der Waals surface area contributed by atoms with E-state index < -0.39 is 0 Å². The van der Waals surface area contributed by atoms with Crippen molar-refractivity contribution in [3.63, 3.8) is 0 Å². The molecule has 5 rings (SSSR count). The van der Waals surface area contributed by atoms with E-state index >= 15 is 0 Å². The maximum Gasteiger partial charge on any atom is 0.270 e. The summed E-state index contributed by atoms with van der Waals surface area (Å²) in [6.45, 7) is 8.26. The molecular formula is C27H33N7OS2. The molecule has 1 aromatic carbocycles. The molecule has 0 aliphatic carbocycles. The lowest BCUT2D eigenvalue weighted by atomic mass is 10.1. The van der Waals surface area contributed by atoms with Crippen LogP contribution in [0, 0.1) is 0 Å². The highest BCUT2D eigenvalue weighted by Gasteiger charge is 2.16. The smallest absolute Gasteiger partial charge is 0.270 e. The molecule has 0 unspecified atom stereocenters. The Morgan fingerprint density at radius 2 is 1.97 bits per heavy atom. The van der Waals surface area contributed by atoms with Crippen molar-refractivity contribution in [1.82, 2.24) is 25.2 Å². The van der Waals surface area contributed by atoms with E-state index in [0.717, 1.165) is 50.9 Å². The fourth-order valence-corrected chi connectivity index (χ4v) is 6.03. The number of benzene rings is 1. The van der Waals surface area contributed by atoms with Gasteiger partial charge in [-0.15, -0.1) is 22.7 Å². The Kier molecular flexibility index (Phi) is 8.28. The Morgan fingerprint density at radius 1 is 1.11 bits per heavy atom. The van der Waals surface area contributed by atoms with Gasteiger partial charge in [0.1, 0.15) is 16.5 Å². The van der Waals surface area contributed by atoms with Gasteiger partial charge >= 0.3 is 0 Å². The van der Waals surface area contributed by atoms with Crippen molar-refractivity contribution in [2.45, 2.75) is 45.6 Å². The molecule has 194 valence electrons. The van der Waals surface area contributed by atoms with E-state index in [2.05, 4.69) is 55.7 Å². The highest BCUT2D eigenvalue weighted by atomic mass is 32.1. The van der Waals surface area contributed by atoms with Gasteiger partial charge in [0.2, 0.25) is 0 Å². The third-order valence-electron chi connectivity index (χ3n) is 6.30. The molecule has 8 nitrogen and oxygen atoms in total. The van der Waals surface area contributed by atoms with E-state index in [9.17, 15) is 4.79 Å². The van der Waals surface area contributed by atoms with Crippen LogP contribution in [0.1, 0.15) is 50.0 Å². The Labute approximate surface area is 225 Å². The number of aromatic nitrogens is 3. The second kappa shape index (κ2) is 12.0. The summed E-state index contributed by atoms with van der Waals surface area (Å²) in [4.78, 5) is 28.8. The Hall–Kier alpha value is -3.08. The van der Waals surface area contributed by atoms with Crippen LogP contribution < -0.4 is 16.0 Å². The molecular weight excluding hydrogens is 502 g/mol. The van der Waals surface area contributed by atoms with Gasteiger partial charge in [-0.2, -0.15) is 0 Å². The molecule has 0 spiro atoms. The van der Waals surface area contributed by atoms with Crippen LogP contribution in [-0.2, 0) is 0 Å². The summed E-state index contributed by atoms with van der Waals surface area (Å²) in [7, 11) is 0. The summed E-state index contributed by atoms with van der Waals surface area (Å²) in [6, 6.07) is 8.31. The number of amides is 1. The van der Waals surface area contributed by atoms with Gasteiger partial charge in [-0.1, -0.05) is 6.42 Å². The Morgan fingerprint density at radius 3 is 2.81 bits per heavy atom. The minimum absolute atomic E-state index is 0.121. The van der Waals surface area contributed by atoms with E-state index in [1.807, 2.05) is 35.3 Å². The minimum Gasteiger partial charge on any atom is -0.382 e. The zero-order chi connectivity index (χ0) is 25.6. The summed E-state index contributed by atoms with van der Waals surface area (Å²) >= 11 is 3.08. The number of pyridine rings is 1. The van der Waals surface area contributed by atoms with Crippen LogP contribution in [0.4, 0.5) is 17.2 Å². The number of hydrogen-bond donors (Lipinski definition) is 3. The van der Waals surface area contributed by atoms with Crippen molar-refractivity contribution in [2.24, 2.45) is 0 Å². The largest absolute Gasteiger partial charge is 0.382 e. The molecule has 37 heavy (non-hydrogen) atoms. The summed E-state index contributed by atoms with van der Waals surface area (Å²) in [5.74, 6) is 0.614. The number of fused-ring (bicyclic) bond motifs is 1. The summed E-state index contributed by atoms with van der Waals surface area (Å²) in [5, 5.41) is 12.5. The average molecular weight is 536 g/mol. The molecule has 4 heterocycles. The van der Waals surface area contributed by atoms with Crippen LogP contribution in [0.15, 0.2) is 41.4 Å². The topological polar surface area (TPSA) is 95.1 Å². The lowest BCUT2D eigenvalue weighted by molar-refractivity contribution is 0.0947. The zero-order valence-corrected chi connectivity index (χ0v) is 22.9. The highest BCUT2D eigenvalue weighted by molar-refractivity contribution is 7.16.